The van der Waals surface area contributed by atoms with Crippen molar-refractivity contribution in [1.82, 2.24) is 5.32 Å². The van der Waals surface area contributed by atoms with Crippen molar-refractivity contribution in [3.05, 3.63) is 28.8 Å². The number of carboxylic acids is 1. The summed E-state index contributed by atoms with van der Waals surface area (Å²) in [6.45, 7) is 3.20. The average Bonchev–Trinajstić information content (AvgIpc) is 2.30. The molecule has 1 aromatic rings. The number of nitrogens with one attached hydrogen (secondary N) is 1. The molecule has 6 heteroatoms. The van der Waals surface area contributed by atoms with E-state index in [1.165, 1.54) is 0 Å². The van der Waals surface area contributed by atoms with Gasteiger partial charge in [0.05, 0.1) is 6.04 Å². The highest BCUT2D eigenvalue weighted by molar-refractivity contribution is 5.85. The summed E-state index contributed by atoms with van der Waals surface area (Å²) in [5, 5.41) is 20.1. The molecule has 1 aromatic carbocycles. The fourth-order valence-electron chi connectivity index (χ4n) is 1.90. The molecule has 0 aliphatic rings. The quantitative estimate of drug-likeness (QED) is 0.603. The van der Waals surface area contributed by atoms with Crippen LogP contribution < -0.4 is 11.1 Å². The van der Waals surface area contributed by atoms with Gasteiger partial charge in [-0.2, -0.15) is 0 Å². The Hall–Kier alpha value is -2.08. The van der Waals surface area contributed by atoms with E-state index >= 15 is 0 Å². The smallest absolute Gasteiger partial charge is 0.322 e. The topological polar surface area (TPSA) is 113 Å². The van der Waals surface area contributed by atoms with Gasteiger partial charge >= 0.3 is 5.97 Å². The number of aliphatic carboxylic acids is 1. The molecule has 0 radical (unpaired) electrons. The second kappa shape index (κ2) is 6.19. The Bertz CT molecular complexity index is 476. The van der Waals surface area contributed by atoms with E-state index in [1.54, 1.807) is 12.1 Å². The van der Waals surface area contributed by atoms with Crippen LogP contribution in [0.3, 0.4) is 0 Å². The van der Waals surface area contributed by atoms with Gasteiger partial charge in [0.25, 0.3) is 0 Å². The van der Waals surface area contributed by atoms with Gasteiger partial charge in [-0.25, -0.2) is 0 Å². The third-order valence-electron chi connectivity index (χ3n) is 2.86. The zero-order valence-corrected chi connectivity index (χ0v) is 10.9. The van der Waals surface area contributed by atoms with E-state index in [-0.39, 0.29) is 5.75 Å². The molecule has 0 aliphatic carbocycles. The van der Waals surface area contributed by atoms with E-state index in [0.29, 0.717) is 6.42 Å². The third kappa shape index (κ3) is 4.26. The number of hydrogen-bond acceptors (Lipinski definition) is 4. The molecule has 104 valence electrons. The lowest BCUT2D eigenvalue weighted by atomic mass is 9.96. The molecule has 0 aliphatic heterocycles. The minimum Gasteiger partial charge on any atom is -0.508 e. The van der Waals surface area contributed by atoms with Crippen molar-refractivity contribution < 1.29 is 19.8 Å². The fourth-order valence-corrected chi connectivity index (χ4v) is 1.90. The van der Waals surface area contributed by atoms with Crippen LogP contribution in [-0.2, 0) is 16.0 Å². The molecule has 19 heavy (non-hydrogen) atoms. The number of phenols is 1. The van der Waals surface area contributed by atoms with Gasteiger partial charge in [-0.1, -0.05) is 0 Å². The van der Waals surface area contributed by atoms with Crippen LogP contribution in [-0.4, -0.2) is 34.7 Å². The summed E-state index contributed by atoms with van der Waals surface area (Å²) in [7, 11) is 0. The largest absolute Gasteiger partial charge is 0.508 e. The molecule has 0 saturated carbocycles. The van der Waals surface area contributed by atoms with E-state index in [2.05, 4.69) is 5.32 Å². The van der Waals surface area contributed by atoms with E-state index in [4.69, 9.17) is 10.8 Å². The molecule has 0 heterocycles. The standard InChI is InChI=1S/C13H18N2O4/c1-7-3-9(16)4-8(2)10(7)5-11(14)13(19)15-6-12(17)18/h3-4,11,16H,5-6,14H2,1-2H3,(H,15,19)(H,17,18)/t11-/m0/s1. The Morgan fingerprint density at radius 3 is 2.32 bits per heavy atom. The van der Waals surface area contributed by atoms with E-state index in [1.807, 2.05) is 13.8 Å². The monoisotopic (exact) mass is 266 g/mol. The Balaban J connectivity index is 2.74. The minimum atomic E-state index is -1.11. The second-order valence-corrected chi connectivity index (χ2v) is 4.48. The van der Waals surface area contributed by atoms with Gasteiger partial charge in [0.15, 0.2) is 0 Å². The first-order valence-corrected chi connectivity index (χ1v) is 5.85. The van der Waals surface area contributed by atoms with Crippen LogP contribution in [0.25, 0.3) is 0 Å². The number of nitrogens with two attached hydrogens (primary N) is 1. The van der Waals surface area contributed by atoms with Crippen LogP contribution in [0, 0.1) is 13.8 Å². The van der Waals surface area contributed by atoms with Crippen LogP contribution in [0.4, 0.5) is 0 Å². The van der Waals surface area contributed by atoms with E-state index in [9.17, 15) is 14.7 Å². The van der Waals surface area contributed by atoms with Crippen molar-refractivity contribution in [2.24, 2.45) is 5.73 Å². The Kier molecular flexibility index (Phi) is 4.88. The number of phenolic OH excluding ortho intramolecular Hbond substituents is 1. The first-order valence-electron chi connectivity index (χ1n) is 5.85. The maximum Gasteiger partial charge on any atom is 0.322 e. The summed E-state index contributed by atoms with van der Waals surface area (Å²) in [6, 6.07) is 2.38. The van der Waals surface area contributed by atoms with Crippen molar-refractivity contribution in [3.8, 4) is 5.75 Å². The highest BCUT2D eigenvalue weighted by atomic mass is 16.4. The Morgan fingerprint density at radius 2 is 1.84 bits per heavy atom. The molecule has 1 atom stereocenters. The van der Waals surface area contributed by atoms with Crippen LogP contribution in [0.15, 0.2) is 12.1 Å². The van der Waals surface area contributed by atoms with Crippen molar-refractivity contribution in [1.29, 1.82) is 0 Å². The van der Waals surface area contributed by atoms with Gasteiger partial charge in [-0.05, 0) is 49.1 Å². The average molecular weight is 266 g/mol. The number of amides is 1. The molecule has 1 rings (SSSR count). The van der Waals surface area contributed by atoms with E-state index < -0.39 is 24.5 Å². The van der Waals surface area contributed by atoms with Gasteiger partial charge in [0.1, 0.15) is 12.3 Å². The molecular weight excluding hydrogens is 248 g/mol. The number of carbonyl (C=O) groups excluding carboxylic acids is 1. The number of carbonyl (C=O) groups is 2. The van der Waals surface area contributed by atoms with Crippen LogP contribution in [0.5, 0.6) is 5.75 Å². The first-order chi connectivity index (χ1) is 8.81. The number of aromatic hydroxyl groups is 1. The maximum atomic E-state index is 11.6. The Labute approximate surface area is 111 Å². The minimum absolute atomic E-state index is 0.169. The second-order valence-electron chi connectivity index (χ2n) is 4.48. The van der Waals surface area contributed by atoms with Gasteiger partial charge in [0.2, 0.25) is 5.91 Å². The fraction of sp³-hybridized carbons (Fsp3) is 0.385. The zero-order valence-electron chi connectivity index (χ0n) is 10.9. The summed E-state index contributed by atoms with van der Waals surface area (Å²) in [4.78, 5) is 21.9. The highest BCUT2D eigenvalue weighted by Gasteiger charge is 2.17. The molecule has 6 nitrogen and oxygen atoms in total. The zero-order chi connectivity index (χ0) is 14.6. The number of carboxylic acid groups (broad SMARTS) is 1. The van der Waals surface area contributed by atoms with E-state index in [0.717, 1.165) is 16.7 Å². The molecule has 0 bridgehead atoms. The lowest BCUT2D eigenvalue weighted by Gasteiger charge is -2.15. The van der Waals surface area contributed by atoms with Crippen LogP contribution in [0.2, 0.25) is 0 Å². The molecule has 0 spiro atoms. The summed E-state index contributed by atoms with van der Waals surface area (Å²) in [5.74, 6) is -1.45. The molecule has 0 aromatic heterocycles. The Morgan fingerprint density at radius 1 is 1.32 bits per heavy atom. The third-order valence-corrected chi connectivity index (χ3v) is 2.86. The van der Waals surface area contributed by atoms with Gasteiger partial charge < -0.3 is 21.3 Å². The maximum absolute atomic E-state index is 11.6. The van der Waals surface area contributed by atoms with Gasteiger partial charge in [0, 0.05) is 0 Å². The van der Waals surface area contributed by atoms with Crippen molar-refractivity contribution in [3.63, 3.8) is 0 Å². The molecule has 0 unspecified atom stereocenters. The molecule has 5 N–H and O–H groups in total. The predicted octanol–water partition coefficient (Wildman–Crippen LogP) is 0.0796. The molecule has 1 amide bonds. The van der Waals surface area contributed by atoms with Crippen molar-refractivity contribution in [2.45, 2.75) is 26.3 Å². The van der Waals surface area contributed by atoms with Gasteiger partial charge in [-0.3, -0.25) is 9.59 Å². The molecular formula is C13H18N2O4. The summed E-state index contributed by atoms with van der Waals surface area (Å²) < 4.78 is 0. The lowest BCUT2D eigenvalue weighted by molar-refractivity contribution is -0.138. The summed E-state index contributed by atoms with van der Waals surface area (Å²) >= 11 is 0. The predicted molar refractivity (Wildman–Crippen MR) is 69.9 cm³/mol. The number of benzene rings is 1. The van der Waals surface area contributed by atoms with Crippen molar-refractivity contribution in [2.75, 3.05) is 6.54 Å². The lowest BCUT2D eigenvalue weighted by Crippen LogP contribution is -2.44. The molecule has 0 saturated heterocycles. The SMILES string of the molecule is Cc1cc(O)cc(C)c1C[C@H](N)C(=O)NCC(=O)O. The number of aryl methyl sites for hydroxylation is 2. The van der Waals surface area contributed by atoms with Crippen LogP contribution in [0.1, 0.15) is 16.7 Å². The first kappa shape index (κ1) is 15.0. The normalized spacial score (nSPS) is 11.9. The molecule has 0 fully saturated rings. The van der Waals surface area contributed by atoms with Crippen LogP contribution >= 0.6 is 0 Å². The van der Waals surface area contributed by atoms with Gasteiger partial charge in [-0.15, -0.1) is 0 Å². The van der Waals surface area contributed by atoms with Crippen molar-refractivity contribution >= 4 is 11.9 Å². The number of rotatable bonds is 5. The summed E-state index contributed by atoms with van der Waals surface area (Å²) in [5.41, 5.74) is 8.32. The number of hydrogen-bond donors (Lipinski definition) is 4. The highest BCUT2D eigenvalue weighted by Crippen LogP contribution is 2.21. The summed E-state index contributed by atoms with van der Waals surface area (Å²) in [6.07, 6.45) is 0.295.